The summed E-state index contributed by atoms with van der Waals surface area (Å²) in [6.45, 7) is 21.5. The van der Waals surface area contributed by atoms with Gasteiger partial charge in [0.25, 0.3) is 12.5 Å². The third-order valence-electron chi connectivity index (χ3n) is 3.67. The summed E-state index contributed by atoms with van der Waals surface area (Å²) in [6.07, 6.45) is 16.9. The Morgan fingerprint density at radius 3 is 1.56 bits per heavy atom. The molecule has 0 heterocycles. The molecule has 0 bridgehead atoms. The van der Waals surface area contributed by atoms with Gasteiger partial charge in [0.05, 0.1) is 14.2 Å². The normalized spacial score (nSPS) is 9.09. The number of nitriles is 2. The zero-order valence-corrected chi connectivity index (χ0v) is 21.1. The predicted molar refractivity (Wildman–Crippen MR) is 139 cm³/mol. The number of hydrogen-bond donors (Lipinski definition) is 0. The number of hydrogen-bond acceptors (Lipinski definition) is 4. The average Bonchev–Trinajstić information content (AvgIpc) is 2.85. The van der Waals surface area contributed by atoms with Crippen LogP contribution in [0.1, 0.15) is 53.0 Å². The first-order valence-corrected chi connectivity index (χ1v) is 10.4. The molecule has 0 aromatic heterocycles. The molecule has 1 aromatic rings. The minimum atomic E-state index is 0.00250. The Labute approximate surface area is 197 Å². The number of allylic oxidation sites excluding steroid dienone is 7. The molecule has 0 radical (unpaired) electrons. The van der Waals surface area contributed by atoms with Gasteiger partial charge in [-0.25, -0.2) is 0 Å². The highest BCUT2D eigenvalue weighted by Gasteiger charge is 2.22. The van der Waals surface area contributed by atoms with E-state index in [-0.39, 0.29) is 5.41 Å². The lowest BCUT2D eigenvalue weighted by Crippen LogP contribution is -2.19. The second-order valence-electron chi connectivity index (χ2n) is 6.33. The van der Waals surface area contributed by atoms with Crippen molar-refractivity contribution >= 4 is 0 Å². The Hall–Kier alpha value is -3.50. The van der Waals surface area contributed by atoms with E-state index < -0.39 is 0 Å². The number of rotatable bonds is 6. The van der Waals surface area contributed by atoms with Crippen molar-refractivity contribution in [2.75, 3.05) is 14.2 Å². The van der Waals surface area contributed by atoms with Crippen molar-refractivity contribution in [3.8, 4) is 12.5 Å². The van der Waals surface area contributed by atoms with Crippen LogP contribution in [-0.4, -0.2) is 14.2 Å². The lowest BCUT2D eigenvalue weighted by molar-refractivity contribution is 0.362. The van der Waals surface area contributed by atoms with E-state index in [2.05, 4.69) is 93.3 Å². The van der Waals surface area contributed by atoms with Crippen LogP contribution in [0.2, 0.25) is 0 Å². The number of benzene rings is 1. The Morgan fingerprint density at radius 2 is 1.31 bits per heavy atom. The predicted octanol–water partition coefficient (Wildman–Crippen LogP) is 8.05. The van der Waals surface area contributed by atoms with Gasteiger partial charge >= 0.3 is 0 Å². The topological polar surface area (TPSA) is 66.0 Å². The van der Waals surface area contributed by atoms with Gasteiger partial charge in [-0.1, -0.05) is 101 Å². The van der Waals surface area contributed by atoms with Crippen molar-refractivity contribution in [1.82, 2.24) is 0 Å². The molecule has 0 saturated heterocycles. The van der Waals surface area contributed by atoms with Gasteiger partial charge in [-0.15, -0.1) is 13.2 Å². The smallest absolute Gasteiger partial charge is 0.286 e. The van der Waals surface area contributed by atoms with E-state index in [0.717, 1.165) is 12.8 Å². The summed E-state index contributed by atoms with van der Waals surface area (Å²) < 4.78 is 7.69. The third kappa shape index (κ3) is 24.5. The minimum Gasteiger partial charge on any atom is -0.431 e. The fourth-order valence-corrected chi connectivity index (χ4v) is 1.75. The second kappa shape index (κ2) is 29.7. The van der Waals surface area contributed by atoms with Gasteiger partial charge in [-0.3, -0.25) is 0 Å². The van der Waals surface area contributed by atoms with Crippen LogP contribution in [0.5, 0.6) is 0 Å². The molecule has 0 unspecified atom stereocenters. The maximum atomic E-state index is 7.40. The van der Waals surface area contributed by atoms with Crippen LogP contribution in [0.25, 0.3) is 0 Å². The molecule has 4 nitrogen and oxygen atoms in total. The van der Waals surface area contributed by atoms with Crippen LogP contribution in [0.3, 0.4) is 0 Å². The SMILES string of the molecule is C=C/C(=C\C=C/C)C(C)(C)c1ccccc1.C=CCC.C=CCC.COC#N.COC#N. The Morgan fingerprint density at radius 1 is 0.938 bits per heavy atom. The summed E-state index contributed by atoms with van der Waals surface area (Å²) in [7, 11) is 2.64. The molecule has 1 rings (SSSR count). The second-order valence-corrected chi connectivity index (χ2v) is 6.33. The molecule has 1 aromatic carbocycles. The molecular formula is C28H42N2O2. The number of methoxy groups -OCH3 is 2. The number of ether oxygens (including phenoxy) is 2. The van der Waals surface area contributed by atoms with Crippen LogP contribution in [0, 0.1) is 23.0 Å². The maximum Gasteiger partial charge on any atom is 0.286 e. The van der Waals surface area contributed by atoms with Crippen molar-refractivity contribution in [2.45, 2.75) is 52.9 Å². The van der Waals surface area contributed by atoms with Gasteiger partial charge in [0, 0.05) is 5.41 Å². The minimum absolute atomic E-state index is 0.00250. The van der Waals surface area contributed by atoms with E-state index in [1.54, 1.807) is 0 Å². The van der Waals surface area contributed by atoms with Gasteiger partial charge in [0.15, 0.2) is 0 Å². The van der Waals surface area contributed by atoms with Gasteiger partial charge in [0.1, 0.15) is 0 Å². The summed E-state index contributed by atoms with van der Waals surface area (Å²) in [5.74, 6) is 0. The zero-order chi connectivity index (χ0) is 25.7. The van der Waals surface area contributed by atoms with Gasteiger partial charge in [-0.2, -0.15) is 10.5 Å². The van der Waals surface area contributed by atoms with Crippen LogP contribution < -0.4 is 0 Å². The Balaban J connectivity index is -0.000000200. The Kier molecular flexibility index (Phi) is 33.3. The third-order valence-corrected chi connectivity index (χ3v) is 3.67. The monoisotopic (exact) mass is 438 g/mol. The molecule has 0 N–H and O–H groups in total. The quantitative estimate of drug-likeness (QED) is 0.256. The van der Waals surface area contributed by atoms with Gasteiger partial charge in [0.2, 0.25) is 0 Å². The van der Waals surface area contributed by atoms with Crippen molar-refractivity contribution in [3.63, 3.8) is 0 Å². The molecule has 0 atom stereocenters. The zero-order valence-electron chi connectivity index (χ0n) is 21.1. The van der Waals surface area contributed by atoms with Crippen LogP contribution >= 0.6 is 0 Å². The molecule has 0 spiro atoms. The summed E-state index contributed by atoms with van der Waals surface area (Å²) in [6, 6.07) is 10.5. The van der Waals surface area contributed by atoms with E-state index in [0.29, 0.717) is 0 Å². The summed E-state index contributed by atoms with van der Waals surface area (Å²) in [5.41, 5.74) is 2.55. The van der Waals surface area contributed by atoms with Crippen molar-refractivity contribution < 1.29 is 9.47 Å². The molecular weight excluding hydrogens is 396 g/mol. The lowest BCUT2D eigenvalue weighted by atomic mass is 9.77. The van der Waals surface area contributed by atoms with E-state index in [1.165, 1.54) is 37.9 Å². The van der Waals surface area contributed by atoms with Crippen LogP contribution in [0.4, 0.5) is 0 Å². The van der Waals surface area contributed by atoms with Crippen molar-refractivity contribution in [2.24, 2.45) is 0 Å². The summed E-state index contributed by atoms with van der Waals surface area (Å²) in [5, 5.41) is 14.8. The highest BCUT2D eigenvalue weighted by Crippen LogP contribution is 2.31. The standard InChI is InChI=1S/C16H20.2C4H8.2C2H3NO/c1-5-7-11-14(6-2)16(3,4)15-12-9-8-10-13-15;2*1-3-4-2;2*1-4-2-3/h5-13H,2H2,1,3-4H3;2*3H,1,4H2,2H3;2*1H3/b7-5-,14-11+;;;;. The molecule has 0 amide bonds. The molecule has 32 heavy (non-hydrogen) atoms. The van der Waals surface area contributed by atoms with E-state index in [9.17, 15) is 0 Å². The number of nitrogens with zero attached hydrogens (tertiary/aromatic N) is 2. The molecule has 4 heteroatoms. The molecule has 176 valence electrons. The first-order valence-electron chi connectivity index (χ1n) is 10.4. The van der Waals surface area contributed by atoms with Gasteiger partial charge in [-0.05, 0) is 30.9 Å². The molecule has 0 saturated carbocycles. The van der Waals surface area contributed by atoms with E-state index >= 15 is 0 Å². The highest BCUT2D eigenvalue weighted by molar-refractivity contribution is 5.40. The molecule has 0 fully saturated rings. The van der Waals surface area contributed by atoms with Crippen LogP contribution in [0.15, 0.2) is 92.1 Å². The van der Waals surface area contributed by atoms with Gasteiger partial charge < -0.3 is 9.47 Å². The molecule has 0 aliphatic rings. The highest BCUT2D eigenvalue weighted by atomic mass is 16.5. The van der Waals surface area contributed by atoms with E-state index in [1.807, 2.05) is 37.3 Å². The largest absolute Gasteiger partial charge is 0.431 e. The first-order chi connectivity index (χ1) is 15.3. The fourth-order valence-electron chi connectivity index (χ4n) is 1.75. The average molecular weight is 439 g/mol. The molecule has 0 aliphatic heterocycles. The molecule has 0 aliphatic carbocycles. The summed E-state index contributed by atoms with van der Waals surface area (Å²) in [4.78, 5) is 0. The maximum absolute atomic E-state index is 7.40. The Bertz CT molecular complexity index is 681. The van der Waals surface area contributed by atoms with Crippen molar-refractivity contribution in [1.29, 1.82) is 10.5 Å². The fraction of sp³-hybridized carbons (Fsp3) is 0.357. The van der Waals surface area contributed by atoms with Crippen LogP contribution in [-0.2, 0) is 14.9 Å². The van der Waals surface area contributed by atoms with E-state index in [4.69, 9.17) is 10.5 Å². The lowest BCUT2D eigenvalue weighted by Gasteiger charge is -2.26. The summed E-state index contributed by atoms with van der Waals surface area (Å²) >= 11 is 0. The van der Waals surface area contributed by atoms with Crippen molar-refractivity contribution in [3.05, 3.63) is 97.7 Å². The first kappa shape index (κ1) is 35.9.